The average Bonchev–Trinajstić information content (AvgIpc) is 3.39. The summed E-state index contributed by atoms with van der Waals surface area (Å²) in [6, 6.07) is 8.59. The first-order valence-electron chi connectivity index (χ1n) is 11.3. The van der Waals surface area contributed by atoms with Crippen LogP contribution in [0.5, 0.6) is 0 Å². The van der Waals surface area contributed by atoms with E-state index in [4.69, 9.17) is 0 Å². The number of likely N-dealkylation sites (N-methyl/N-ethyl adjacent to an activating group) is 1. The highest BCUT2D eigenvalue weighted by molar-refractivity contribution is 5.95. The first-order valence-corrected chi connectivity index (χ1v) is 11.3. The van der Waals surface area contributed by atoms with Crippen LogP contribution in [0.1, 0.15) is 54.6 Å². The number of likely N-dealkylation sites (tertiary alicyclic amines) is 1. The third-order valence-electron chi connectivity index (χ3n) is 6.40. The van der Waals surface area contributed by atoms with Crippen LogP contribution >= 0.6 is 0 Å². The molecule has 0 spiro atoms. The number of nitrogens with one attached hydrogen (secondary N) is 1. The van der Waals surface area contributed by atoms with Gasteiger partial charge < -0.3 is 5.32 Å². The van der Waals surface area contributed by atoms with Crippen molar-refractivity contribution in [3.05, 3.63) is 59.8 Å². The maximum Gasteiger partial charge on any atom is 0.254 e. The van der Waals surface area contributed by atoms with Gasteiger partial charge in [0.25, 0.3) is 11.9 Å². The van der Waals surface area contributed by atoms with Gasteiger partial charge in [-0.2, -0.15) is 5.10 Å². The van der Waals surface area contributed by atoms with Crippen LogP contribution in [-0.4, -0.2) is 56.2 Å². The lowest BCUT2D eigenvalue weighted by molar-refractivity contribution is 0.0940. The molecule has 166 valence electrons. The van der Waals surface area contributed by atoms with Crippen LogP contribution in [0.3, 0.4) is 0 Å². The Bertz CT molecular complexity index is 1130. The summed E-state index contributed by atoms with van der Waals surface area (Å²) in [5, 5.41) is 7.58. The Morgan fingerprint density at radius 1 is 1.22 bits per heavy atom. The van der Waals surface area contributed by atoms with E-state index in [1.807, 2.05) is 0 Å². The van der Waals surface area contributed by atoms with Crippen molar-refractivity contribution in [1.82, 2.24) is 30.0 Å². The number of amides is 1. The molecule has 1 saturated carbocycles. The van der Waals surface area contributed by atoms with E-state index in [1.54, 1.807) is 41.3 Å². The summed E-state index contributed by atoms with van der Waals surface area (Å²) in [5.74, 6) is 0.164. The van der Waals surface area contributed by atoms with Crippen LogP contribution in [0.25, 0.3) is 17.2 Å². The van der Waals surface area contributed by atoms with E-state index >= 15 is 0 Å². The number of benzene rings is 1. The van der Waals surface area contributed by atoms with Crippen molar-refractivity contribution in [2.24, 2.45) is 0 Å². The molecular weight excluding hydrogens is 407 g/mol. The molecule has 1 amide bonds. The maximum atomic E-state index is 14.3. The van der Waals surface area contributed by atoms with Crippen molar-refractivity contribution in [2.75, 3.05) is 19.6 Å². The standard InChI is InChI=1S/C24H27FN6O/c1-2-30-13-5-6-17(30)14-27-23(32)19-15-28-31(22(19)16-9-10-16)24-26-12-11-21(29-24)18-7-3-4-8-20(18)25/h3-4,7-8,11-12,15-17H,2,5-6,9-10,13-14H2,1H3,(H,27,32). The molecule has 1 aromatic carbocycles. The highest BCUT2D eigenvalue weighted by Gasteiger charge is 2.34. The highest BCUT2D eigenvalue weighted by atomic mass is 19.1. The molecule has 1 unspecified atom stereocenters. The number of aromatic nitrogens is 4. The van der Waals surface area contributed by atoms with Gasteiger partial charge in [0.2, 0.25) is 0 Å². The minimum absolute atomic E-state index is 0.105. The molecule has 1 N–H and O–H groups in total. The SMILES string of the molecule is CCN1CCCC1CNC(=O)c1cnn(-c2nccc(-c3ccccc3F)n2)c1C1CC1. The van der Waals surface area contributed by atoms with Gasteiger partial charge in [-0.05, 0) is 57.0 Å². The molecule has 2 fully saturated rings. The normalized spacial score (nSPS) is 18.8. The second-order valence-corrected chi connectivity index (χ2v) is 8.49. The quantitative estimate of drug-likeness (QED) is 0.615. The van der Waals surface area contributed by atoms with Crippen molar-refractivity contribution in [3.63, 3.8) is 0 Å². The summed E-state index contributed by atoms with van der Waals surface area (Å²) in [4.78, 5) is 24.4. The number of carbonyl (C=O) groups excluding carboxylic acids is 1. The predicted octanol–water partition coefficient (Wildman–Crippen LogP) is 3.56. The second-order valence-electron chi connectivity index (χ2n) is 8.49. The van der Waals surface area contributed by atoms with E-state index in [9.17, 15) is 9.18 Å². The zero-order valence-electron chi connectivity index (χ0n) is 18.2. The summed E-state index contributed by atoms with van der Waals surface area (Å²) in [7, 11) is 0. The fourth-order valence-corrected chi connectivity index (χ4v) is 4.56. The molecule has 8 heteroatoms. The fraction of sp³-hybridized carbons (Fsp3) is 0.417. The molecule has 2 aromatic heterocycles. The fourth-order valence-electron chi connectivity index (χ4n) is 4.56. The summed E-state index contributed by atoms with van der Waals surface area (Å²) >= 11 is 0. The van der Waals surface area contributed by atoms with Crippen molar-refractivity contribution in [3.8, 4) is 17.2 Å². The molecule has 32 heavy (non-hydrogen) atoms. The minimum Gasteiger partial charge on any atom is -0.350 e. The Labute approximate surface area is 186 Å². The van der Waals surface area contributed by atoms with E-state index in [-0.39, 0.29) is 17.6 Å². The Morgan fingerprint density at radius 3 is 2.84 bits per heavy atom. The van der Waals surface area contributed by atoms with Crippen LogP contribution < -0.4 is 5.32 Å². The molecule has 5 rings (SSSR count). The summed E-state index contributed by atoms with van der Waals surface area (Å²) < 4.78 is 15.9. The van der Waals surface area contributed by atoms with Gasteiger partial charge in [-0.25, -0.2) is 19.0 Å². The molecule has 1 aliphatic heterocycles. The average molecular weight is 435 g/mol. The van der Waals surface area contributed by atoms with Gasteiger partial charge in [-0.3, -0.25) is 9.69 Å². The summed E-state index contributed by atoms with van der Waals surface area (Å²) in [5.41, 5.74) is 2.31. The lowest BCUT2D eigenvalue weighted by Gasteiger charge is -2.22. The predicted molar refractivity (Wildman–Crippen MR) is 119 cm³/mol. The number of hydrogen-bond acceptors (Lipinski definition) is 5. The van der Waals surface area contributed by atoms with Gasteiger partial charge >= 0.3 is 0 Å². The number of carbonyl (C=O) groups is 1. The maximum absolute atomic E-state index is 14.3. The first kappa shape index (κ1) is 20.8. The highest BCUT2D eigenvalue weighted by Crippen LogP contribution is 2.42. The van der Waals surface area contributed by atoms with E-state index in [1.165, 1.54) is 12.5 Å². The summed E-state index contributed by atoms with van der Waals surface area (Å²) in [6.45, 7) is 4.89. The number of hydrogen-bond donors (Lipinski definition) is 1. The zero-order valence-corrected chi connectivity index (χ0v) is 18.2. The zero-order chi connectivity index (χ0) is 22.1. The molecule has 0 radical (unpaired) electrons. The van der Waals surface area contributed by atoms with Crippen LogP contribution in [-0.2, 0) is 0 Å². The third-order valence-corrected chi connectivity index (χ3v) is 6.40. The Hall–Kier alpha value is -3.13. The molecule has 3 aromatic rings. The molecule has 0 bridgehead atoms. The molecular formula is C24H27FN6O. The molecule has 1 atom stereocenters. The number of nitrogens with zero attached hydrogens (tertiary/aromatic N) is 5. The van der Waals surface area contributed by atoms with Crippen molar-refractivity contribution in [1.29, 1.82) is 0 Å². The van der Waals surface area contributed by atoms with Crippen LogP contribution in [0.2, 0.25) is 0 Å². The largest absolute Gasteiger partial charge is 0.350 e. The van der Waals surface area contributed by atoms with E-state index in [0.29, 0.717) is 35.4 Å². The lowest BCUT2D eigenvalue weighted by Crippen LogP contribution is -2.40. The smallest absolute Gasteiger partial charge is 0.254 e. The second kappa shape index (κ2) is 8.78. The van der Waals surface area contributed by atoms with E-state index in [0.717, 1.165) is 38.0 Å². The van der Waals surface area contributed by atoms with Gasteiger partial charge in [0.1, 0.15) is 5.82 Å². The van der Waals surface area contributed by atoms with Crippen molar-refractivity contribution in [2.45, 2.75) is 44.6 Å². The molecule has 2 aliphatic rings. The van der Waals surface area contributed by atoms with Gasteiger partial charge in [-0.15, -0.1) is 0 Å². The lowest BCUT2D eigenvalue weighted by atomic mass is 10.1. The molecule has 3 heterocycles. The number of rotatable bonds is 7. The molecule has 1 saturated heterocycles. The molecule has 7 nitrogen and oxygen atoms in total. The van der Waals surface area contributed by atoms with E-state index in [2.05, 4.69) is 32.2 Å². The number of halogens is 1. The van der Waals surface area contributed by atoms with Gasteiger partial charge in [-0.1, -0.05) is 19.1 Å². The van der Waals surface area contributed by atoms with E-state index < -0.39 is 0 Å². The Balaban J connectivity index is 1.41. The van der Waals surface area contributed by atoms with Gasteiger partial charge in [0, 0.05) is 30.3 Å². The van der Waals surface area contributed by atoms with Gasteiger partial charge in [0.05, 0.1) is 23.1 Å². The monoisotopic (exact) mass is 434 g/mol. The van der Waals surface area contributed by atoms with Crippen LogP contribution in [0.15, 0.2) is 42.7 Å². The topological polar surface area (TPSA) is 75.9 Å². The van der Waals surface area contributed by atoms with Crippen molar-refractivity contribution >= 4 is 5.91 Å². The Kier molecular flexibility index (Phi) is 5.70. The summed E-state index contributed by atoms with van der Waals surface area (Å²) in [6.07, 6.45) is 7.50. The van der Waals surface area contributed by atoms with Crippen LogP contribution in [0, 0.1) is 5.82 Å². The minimum atomic E-state index is -0.340. The Morgan fingerprint density at radius 2 is 2.06 bits per heavy atom. The van der Waals surface area contributed by atoms with Crippen LogP contribution in [0.4, 0.5) is 4.39 Å². The van der Waals surface area contributed by atoms with Gasteiger partial charge in [0.15, 0.2) is 0 Å². The first-order chi connectivity index (χ1) is 15.7. The van der Waals surface area contributed by atoms with Crippen molar-refractivity contribution < 1.29 is 9.18 Å². The third kappa shape index (κ3) is 4.02. The molecule has 1 aliphatic carbocycles.